The fraction of sp³-hybridized carbons (Fsp3) is 0.0222. The zero-order chi connectivity index (χ0) is 70.0. The zero-order valence-corrected chi connectivity index (χ0v) is 54.2. The topological polar surface area (TPSA) is 24.9 Å². The van der Waals surface area contributed by atoms with Crippen LogP contribution in [0, 0.1) is 46.5 Å². The maximum Gasteiger partial charge on any atom is 0.160 e. The third-order valence-corrected chi connectivity index (χ3v) is 19.3. The standard InChI is InChI=1S/C90H56F8N2O2/c1-3-55-13-33-73(34-14-55)101-75-37-21-59(22-38-75)89(61-45-63(91)49-64(92)46-61)81-11-7-5-9-77(81)79-41-29-69(51-83(79)89)99(71-31-43-85(95)87(97)53-71)67-25-17-57(18-26-67)58-19-27-68(28-20-58)100(72-32-44-86(96)88(98)54-72)70-30-42-80-78-10-6-8-12-82(78)90(84(80)52-70,62-47-65(93)50-66(94)48-62)60-23-39-76(40-24-60)102-74-35-15-56(4-2)16-36-74/h3-54H,1-2H2. The van der Waals surface area contributed by atoms with Crippen molar-refractivity contribution in [1.29, 1.82) is 0 Å². The summed E-state index contributed by atoms with van der Waals surface area (Å²) in [6.07, 6.45) is 3.48. The normalized spacial score (nSPS) is 14.6. The molecule has 0 spiro atoms. The van der Waals surface area contributed by atoms with Crippen molar-refractivity contribution >= 4 is 46.3 Å². The number of ether oxygens (including phenoxy) is 2. The van der Waals surface area contributed by atoms with Crippen molar-refractivity contribution in [3.8, 4) is 56.4 Å². The van der Waals surface area contributed by atoms with E-state index < -0.39 is 57.4 Å². The molecule has 0 radical (unpaired) electrons. The Bertz CT molecular complexity index is 5220. The zero-order valence-electron chi connectivity index (χ0n) is 54.2. The number of rotatable bonds is 17. The molecule has 494 valence electrons. The van der Waals surface area contributed by atoms with Crippen LogP contribution in [0.1, 0.15) is 55.6 Å². The van der Waals surface area contributed by atoms with E-state index in [4.69, 9.17) is 9.47 Å². The molecule has 0 fully saturated rings. The molecule has 12 heteroatoms. The molecule has 2 aliphatic rings. The van der Waals surface area contributed by atoms with Gasteiger partial charge in [0.25, 0.3) is 0 Å². The predicted octanol–water partition coefficient (Wildman–Crippen LogP) is 25.0. The van der Waals surface area contributed by atoms with Crippen molar-refractivity contribution in [1.82, 2.24) is 0 Å². The summed E-state index contributed by atoms with van der Waals surface area (Å²) in [4.78, 5) is 3.57. The monoisotopic (exact) mass is 1350 g/mol. The number of halogens is 8. The molecule has 0 saturated carbocycles. The van der Waals surface area contributed by atoms with Crippen molar-refractivity contribution in [2.24, 2.45) is 0 Å². The molecule has 14 aromatic rings. The van der Waals surface area contributed by atoms with Gasteiger partial charge in [-0.3, -0.25) is 0 Å². The van der Waals surface area contributed by atoms with Gasteiger partial charge in [0, 0.05) is 58.4 Å². The molecule has 0 amide bonds. The van der Waals surface area contributed by atoms with Crippen LogP contribution in [0.2, 0.25) is 0 Å². The Labute approximate surface area is 583 Å². The van der Waals surface area contributed by atoms with Crippen molar-refractivity contribution in [2.75, 3.05) is 9.80 Å². The second kappa shape index (κ2) is 25.8. The number of fused-ring (bicyclic) bond motifs is 6. The largest absolute Gasteiger partial charge is 0.457 e. The summed E-state index contributed by atoms with van der Waals surface area (Å²) in [5, 5.41) is 0. The third kappa shape index (κ3) is 11.1. The summed E-state index contributed by atoms with van der Waals surface area (Å²) in [6, 6.07) is 85.8. The van der Waals surface area contributed by atoms with Crippen molar-refractivity contribution in [3.05, 3.63) is 419 Å². The van der Waals surface area contributed by atoms with E-state index >= 15 is 35.1 Å². The lowest BCUT2D eigenvalue weighted by atomic mass is 9.67. The van der Waals surface area contributed by atoms with Crippen LogP contribution >= 0.6 is 0 Å². The first-order valence-electron chi connectivity index (χ1n) is 32.8. The first-order chi connectivity index (χ1) is 49.7. The van der Waals surface area contributed by atoms with Gasteiger partial charge in [-0.1, -0.05) is 159 Å². The molecule has 14 aromatic carbocycles. The van der Waals surface area contributed by atoms with Gasteiger partial charge >= 0.3 is 0 Å². The van der Waals surface area contributed by atoms with E-state index in [0.717, 1.165) is 92.0 Å². The Kier molecular flexibility index (Phi) is 16.2. The highest BCUT2D eigenvalue weighted by Gasteiger charge is 2.49. The minimum absolute atomic E-state index is 0.272. The van der Waals surface area contributed by atoms with E-state index in [1.54, 1.807) is 22.0 Å². The summed E-state index contributed by atoms with van der Waals surface area (Å²) >= 11 is 0. The highest BCUT2D eigenvalue weighted by atomic mass is 19.2. The van der Waals surface area contributed by atoms with Crippen LogP contribution in [0.3, 0.4) is 0 Å². The first-order valence-corrected chi connectivity index (χ1v) is 32.8. The molecule has 2 aliphatic carbocycles. The molecule has 0 bridgehead atoms. The summed E-state index contributed by atoms with van der Waals surface area (Å²) in [5.41, 5.74) is 11.3. The van der Waals surface area contributed by atoms with E-state index in [-0.39, 0.29) is 11.4 Å². The van der Waals surface area contributed by atoms with Crippen molar-refractivity contribution < 1.29 is 44.6 Å². The average molecular weight is 1350 g/mol. The maximum atomic E-state index is 15.9. The van der Waals surface area contributed by atoms with Gasteiger partial charge < -0.3 is 19.3 Å². The molecular formula is C90H56F8N2O2. The second-order valence-corrected chi connectivity index (χ2v) is 25.1. The molecule has 0 aromatic heterocycles. The minimum Gasteiger partial charge on any atom is -0.457 e. The molecule has 0 saturated heterocycles. The molecule has 0 heterocycles. The second-order valence-electron chi connectivity index (χ2n) is 25.1. The molecule has 0 N–H and O–H groups in total. The van der Waals surface area contributed by atoms with Gasteiger partial charge in [0.2, 0.25) is 0 Å². The number of hydrogen-bond acceptors (Lipinski definition) is 4. The summed E-state index contributed by atoms with van der Waals surface area (Å²) in [7, 11) is 0. The van der Waals surface area contributed by atoms with Gasteiger partial charge in [0.05, 0.1) is 10.8 Å². The smallest absolute Gasteiger partial charge is 0.160 e. The Morgan fingerprint density at radius 2 is 0.559 bits per heavy atom. The molecule has 2 atom stereocenters. The molecule has 4 nitrogen and oxygen atoms in total. The lowest BCUT2D eigenvalue weighted by molar-refractivity contribution is 0.482. The first kappa shape index (κ1) is 63.9. The van der Waals surface area contributed by atoms with Crippen LogP contribution < -0.4 is 19.3 Å². The fourth-order valence-corrected chi connectivity index (χ4v) is 14.8. The van der Waals surface area contributed by atoms with E-state index in [2.05, 4.69) is 13.2 Å². The summed E-state index contributed by atoms with van der Waals surface area (Å²) in [5.74, 6) is -5.15. The molecule has 2 unspecified atom stereocenters. The molecule has 102 heavy (non-hydrogen) atoms. The Morgan fingerprint density at radius 3 is 0.902 bits per heavy atom. The quantitative estimate of drug-likeness (QED) is 0.0849. The SMILES string of the molecule is C=Cc1ccc(Oc2ccc(C3(c4cc(F)cc(F)c4)c4ccccc4-c4ccc(N(c5ccc(-c6ccc(N(c7ccc(F)c(F)c7)c7ccc8c(c7)C(c7ccc(Oc9ccc(C=C)cc9)cc7)(c7cc(F)cc(F)c7)c7ccccc7-8)cc6)cc5)c5ccc(F)c(F)c5)cc43)cc2)cc1. The van der Waals surface area contributed by atoms with Gasteiger partial charge in [-0.05, 0) is 235 Å². The summed E-state index contributed by atoms with van der Waals surface area (Å²) < 4.78 is 137. The summed E-state index contributed by atoms with van der Waals surface area (Å²) in [6.45, 7) is 7.68. The van der Waals surface area contributed by atoms with Gasteiger partial charge in [-0.15, -0.1) is 0 Å². The number of anilines is 6. The van der Waals surface area contributed by atoms with Gasteiger partial charge in [0.15, 0.2) is 23.3 Å². The Hall–Kier alpha value is -12.8. The van der Waals surface area contributed by atoms with Crippen LogP contribution in [0.15, 0.2) is 316 Å². The van der Waals surface area contributed by atoms with Crippen LogP contribution in [0.25, 0.3) is 45.5 Å². The predicted molar refractivity (Wildman–Crippen MR) is 389 cm³/mol. The lowest BCUT2D eigenvalue weighted by Crippen LogP contribution is -2.29. The molecule has 16 rings (SSSR count). The van der Waals surface area contributed by atoms with Crippen LogP contribution in [0.4, 0.5) is 69.2 Å². The van der Waals surface area contributed by atoms with Gasteiger partial charge in [-0.25, -0.2) is 35.1 Å². The van der Waals surface area contributed by atoms with Crippen LogP contribution in [-0.2, 0) is 10.8 Å². The third-order valence-electron chi connectivity index (χ3n) is 19.3. The van der Waals surface area contributed by atoms with Crippen molar-refractivity contribution in [2.45, 2.75) is 10.8 Å². The van der Waals surface area contributed by atoms with E-state index in [1.165, 1.54) is 36.4 Å². The lowest BCUT2D eigenvalue weighted by Gasteiger charge is -2.35. The Balaban J connectivity index is 0.783. The van der Waals surface area contributed by atoms with Crippen molar-refractivity contribution in [3.63, 3.8) is 0 Å². The van der Waals surface area contributed by atoms with E-state index in [9.17, 15) is 0 Å². The Morgan fingerprint density at radius 1 is 0.255 bits per heavy atom. The van der Waals surface area contributed by atoms with Gasteiger partial charge in [0.1, 0.15) is 46.3 Å². The number of hydrogen-bond donors (Lipinski definition) is 0. The number of benzene rings is 14. The minimum atomic E-state index is -1.34. The highest BCUT2D eigenvalue weighted by Crippen LogP contribution is 2.60. The fourth-order valence-electron chi connectivity index (χ4n) is 14.8. The van der Waals surface area contributed by atoms with Crippen LogP contribution in [-0.4, -0.2) is 0 Å². The van der Waals surface area contributed by atoms with E-state index in [1.807, 2.05) is 231 Å². The van der Waals surface area contributed by atoms with E-state index in [0.29, 0.717) is 79.1 Å². The average Bonchev–Trinajstić information content (AvgIpc) is 1.56. The molecule has 0 aliphatic heterocycles. The highest BCUT2D eigenvalue weighted by molar-refractivity contribution is 5.92. The maximum absolute atomic E-state index is 15.9. The number of nitrogens with zero attached hydrogens (tertiary/aromatic N) is 2. The van der Waals surface area contributed by atoms with Crippen LogP contribution in [0.5, 0.6) is 23.0 Å². The molecular weight excluding hydrogens is 1290 g/mol. The van der Waals surface area contributed by atoms with Gasteiger partial charge in [-0.2, -0.15) is 0 Å².